The molecule has 0 saturated carbocycles. The van der Waals surface area contributed by atoms with Crippen molar-refractivity contribution in [2.24, 2.45) is 5.73 Å². The van der Waals surface area contributed by atoms with Crippen LogP contribution < -0.4 is 11.1 Å². The highest BCUT2D eigenvalue weighted by molar-refractivity contribution is 5.14. The minimum Gasteiger partial charge on any atom is -0.469 e. The molecular weight excluding hydrogens is 164 g/mol. The molecule has 0 amide bonds. The summed E-state index contributed by atoms with van der Waals surface area (Å²) >= 11 is 0. The first-order valence-electron chi connectivity index (χ1n) is 4.70. The molecule has 1 rings (SSSR count). The molecule has 1 unspecified atom stereocenters. The number of nitrogens with two attached hydrogens (primary N) is 1. The average Bonchev–Trinajstić information content (AvgIpc) is 2.48. The highest BCUT2D eigenvalue weighted by atomic mass is 16.3. The maximum Gasteiger partial charge on any atom is 0.105 e. The zero-order chi connectivity index (χ0) is 9.68. The summed E-state index contributed by atoms with van der Waals surface area (Å²) < 4.78 is 5.19. The monoisotopic (exact) mass is 182 g/mol. The predicted octanol–water partition coefficient (Wildman–Crippen LogP) is 1.41. The number of rotatable bonds is 5. The van der Waals surface area contributed by atoms with Crippen LogP contribution in [0.15, 0.2) is 16.7 Å². The Hall–Kier alpha value is -0.800. The van der Waals surface area contributed by atoms with Crippen LogP contribution in [0.4, 0.5) is 0 Å². The Morgan fingerprint density at radius 3 is 2.92 bits per heavy atom. The van der Waals surface area contributed by atoms with Gasteiger partial charge in [-0.15, -0.1) is 0 Å². The third-order valence-corrected chi connectivity index (χ3v) is 2.21. The Morgan fingerprint density at radius 1 is 1.62 bits per heavy atom. The first-order chi connectivity index (χ1) is 6.24. The van der Waals surface area contributed by atoms with Crippen molar-refractivity contribution in [3.63, 3.8) is 0 Å². The van der Waals surface area contributed by atoms with Crippen LogP contribution in [0.3, 0.4) is 0 Å². The SMILES string of the molecule is Cc1occc1CNC(C)CCN. The summed E-state index contributed by atoms with van der Waals surface area (Å²) in [6.07, 6.45) is 2.73. The standard InChI is InChI=1S/C10H18N2O/c1-8(3-5-11)12-7-10-4-6-13-9(10)2/h4,6,8,12H,3,5,7,11H2,1-2H3. The van der Waals surface area contributed by atoms with Gasteiger partial charge in [0.25, 0.3) is 0 Å². The van der Waals surface area contributed by atoms with Gasteiger partial charge in [-0.1, -0.05) is 0 Å². The van der Waals surface area contributed by atoms with Crippen molar-refractivity contribution in [1.82, 2.24) is 5.32 Å². The topological polar surface area (TPSA) is 51.2 Å². The van der Waals surface area contributed by atoms with Crippen LogP contribution in [0.25, 0.3) is 0 Å². The van der Waals surface area contributed by atoms with Gasteiger partial charge in [-0.25, -0.2) is 0 Å². The maximum absolute atomic E-state index is 5.45. The molecule has 3 N–H and O–H groups in total. The van der Waals surface area contributed by atoms with Gasteiger partial charge in [0.2, 0.25) is 0 Å². The number of furan rings is 1. The van der Waals surface area contributed by atoms with E-state index in [0.29, 0.717) is 6.04 Å². The van der Waals surface area contributed by atoms with Gasteiger partial charge in [0, 0.05) is 18.2 Å². The molecule has 0 fully saturated rings. The second-order valence-electron chi connectivity index (χ2n) is 3.36. The molecular formula is C10H18N2O. The van der Waals surface area contributed by atoms with Gasteiger partial charge < -0.3 is 15.5 Å². The highest BCUT2D eigenvalue weighted by Gasteiger charge is 2.03. The van der Waals surface area contributed by atoms with Crippen molar-refractivity contribution in [2.75, 3.05) is 6.54 Å². The number of nitrogens with one attached hydrogen (secondary N) is 1. The van der Waals surface area contributed by atoms with Crippen LogP contribution in [0.5, 0.6) is 0 Å². The molecule has 0 saturated heterocycles. The van der Waals surface area contributed by atoms with E-state index in [0.717, 1.165) is 25.3 Å². The van der Waals surface area contributed by atoms with E-state index in [1.165, 1.54) is 5.56 Å². The van der Waals surface area contributed by atoms with Crippen molar-refractivity contribution in [3.05, 3.63) is 23.7 Å². The van der Waals surface area contributed by atoms with E-state index in [2.05, 4.69) is 12.2 Å². The summed E-state index contributed by atoms with van der Waals surface area (Å²) in [4.78, 5) is 0. The van der Waals surface area contributed by atoms with Crippen LogP contribution in [0, 0.1) is 6.92 Å². The summed E-state index contributed by atoms with van der Waals surface area (Å²) in [5.41, 5.74) is 6.68. The molecule has 3 nitrogen and oxygen atoms in total. The molecule has 13 heavy (non-hydrogen) atoms. The van der Waals surface area contributed by atoms with Crippen molar-refractivity contribution >= 4 is 0 Å². The molecule has 1 atom stereocenters. The molecule has 1 aromatic heterocycles. The largest absolute Gasteiger partial charge is 0.469 e. The van der Waals surface area contributed by atoms with E-state index >= 15 is 0 Å². The number of hydrogen-bond acceptors (Lipinski definition) is 3. The molecule has 0 spiro atoms. The predicted molar refractivity (Wildman–Crippen MR) is 53.4 cm³/mol. The second-order valence-corrected chi connectivity index (χ2v) is 3.36. The van der Waals surface area contributed by atoms with Crippen LogP contribution in [0.1, 0.15) is 24.7 Å². The zero-order valence-electron chi connectivity index (χ0n) is 8.34. The summed E-state index contributed by atoms with van der Waals surface area (Å²) in [5, 5.41) is 3.39. The van der Waals surface area contributed by atoms with Gasteiger partial charge in [0.15, 0.2) is 0 Å². The molecule has 0 aliphatic rings. The second kappa shape index (κ2) is 5.04. The molecule has 1 heterocycles. The zero-order valence-corrected chi connectivity index (χ0v) is 8.34. The summed E-state index contributed by atoms with van der Waals surface area (Å²) in [6, 6.07) is 2.47. The van der Waals surface area contributed by atoms with E-state index in [1.807, 2.05) is 13.0 Å². The fraction of sp³-hybridized carbons (Fsp3) is 0.600. The van der Waals surface area contributed by atoms with Gasteiger partial charge in [-0.3, -0.25) is 0 Å². The molecule has 0 aliphatic carbocycles. The van der Waals surface area contributed by atoms with Crippen molar-refractivity contribution < 1.29 is 4.42 Å². The van der Waals surface area contributed by atoms with Gasteiger partial charge in [0.1, 0.15) is 5.76 Å². The molecule has 3 heteroatoms. The first-order valence-corrected chi connectivity index (χ1v) is 4.70. The van der Waals surface area contributed by atoms with Gasteiger partial charge in [0.05, 0.1) is 6.26 Å². The van der Waals surface area contributed by atoms with Crippen molar-refractivity contribution in [1.29, 1.82) is 0 Å². The number of hydrogen-bond donors (Lipinski definition) is 2. The quantitative estimate of drug-likeness (QED) is 0.724. The number of aryl methyl sites for hydroxylation is 1. The third-order valence-electron chi connectivity index (χ3n) is 2.21. The van der Waals surface area contributed by atoms with Crippen LogP contribution in [-0.4, -0.2) is 12.6 Å². The van der Waals surface area contributed by atoms with E-state index in [9.17, 15) is 0 Å². The van der Waals surface area contributed by atoms with Gasteiger partial charge >= 0.3 is 0 Å². The first kappa shape index (κ1) is 10.3. The summed E-state index contributed by atoms with van der Waals surface area (Å²) in [7, 11) is 0. The maximum atomic E-state index is 5.45. The lowest BCUT2D eigenvalue weighted by Gasteiger charge is -2.11. The molecule has 0 aromatic carbocycles. The minimum absolute atomic E-state index is 0.472. The Bertz CT molecular complexity index is 245. The fourth-order valence-corrected chi connectivity index (χ4v) is 1.23. The molecule has 74 valence electrons. The summed E-state index contributed by atoms with van der Waals surface area (Å²) in [5.74, 6) is 0.993. The normalized spacial score (nSPS) is 13.2. The van der Waals surface area contributed by atoms with E-state index in [-0.39, 0.29) is 0 Å². The minimum atomic E-state index is 0.472. The van der Waals surface area contributed by atoms with Crippen LogP contribution >= 0.6 is 0 Å². The van der Waals surface area contributed by atoms with E-state index in [4.69, 9.17) is 10.2 Å². The lowest BCUT2D eigenvalue weighted by Crippen LogP contribution is -2.27. The lowest BCUT2D eigenvalue weighted by atomic mass is 10.2. The van der Waals surface area contributed by atoms with E-state index in [1.54, 1.807) is 6.26 Å². The summed E-state index contributed by atoms with van der Waals surface area (Å²) in [6.45, 7) is 5.72. The average molecular weight is 182 g/mol. The van der Waals surface area contributed by atoms with Crippen molar-refractivity contribution in [3.8, 4) is 0 Å². The Morgan fingerprint density at radius 2 is 2.38 bits per heavy atom. The molecule has 0 aliphatic heterocycles. The molecule has 0 bridgehead atoms. The Labute approximate surface area is 79.3 Å². The molecule has 1 aromatic rings. The third kappa shape index (κ3) is 3.20. The van der Waals surface area contributed by atoms with Crippen LogP contribution in [-0.2, 0) is 6.54 Å². The fourth-order valence-electron chi connectivity index (χ4n) is 1.23. The highest BCUT2D eigenvalue weighted by Crippen LogP contribution is 2.08. The van der Waals surface area contributed by atoms with Crippen LogP contribution in [0.2, 0.25) is 0 Å². The Kier molecular flexibility index (Phi) is 3.99. The Balaban J connectivity index is 2.30. The lowest BCUT2D eigenvalue weighted by molar-refractivity contribution is 0.502. The van der Waals surface area contributed by atoms with Gasteiger partial charge in [-0.2, -0.15) is 0 Å². The van der Waals surface area contributed by atoms with Crippen molar-refractivity contribution in [2.45, 2.75) is 32.9 Å². The smallest absolute Gasteiger partial charge is 0.105 e. The molecule has 0 radical (unpaired) electrons. The van der Waals surface area contributed by atoms with E-state index < -0.39 is 0 Å². The van der Waals surface area contributed by atoms with Gasteiger partial charge in [-0.05, 0) is 32.9 Å².